The van der Waals surface area contributed by atoms with Crippen molar-refractivity contribution in [3.63, 3.8) is 0 Å². The minimum absolute atomic E-state index is 0.0482. The number of carboxylic acid groups (broad SMARTS) is 1. The monoisotopic (exact) mass is 269 g/mol. The average molecular weight is 269 g/mol. The van der Waals surface area contributed by atoms with Gasteiger partial charge in [0.25, 0.3) is 0 Å². The zero-order valence-electron chi connectivity index (χ0n) is 8.16. The summed E-state index contributed by atoms with van der Waals surface area (Å²) in [6.07, 6.45) is -4.54. The van der Waals surface area contributed by atoms with Gasteiger partial charge in [0.05, 0.1) is 5.56 Å². The maximum Gasteiger partial charge on any atom is 0.416 e. The van der Waals surface area contributed by atoms with Crippen molar-refractivity contribution in [2.24, 2.45) is 0 Å². The van der Waals surface area contributed by atoms with Gasteiger partial charge in [0.15, 0.2) is 0 Å². The maximum absolute atomic E-state index is 12.8. The van der Waals surface area contributed by atoms with Crippen molar-refractivity contribution in [2.75, 3.05) is 5.73 Å². The molecule has 1 rings (SSSR count). The Labute approximate surface area is 97.6 Å². The number of hydrogen-bond donors (Lipinski definition) is 2. The third kappa shape index (κ3) is 3.52. The number of carbonyl (C=O) groups is 1. The molecule has 0 radical (unpaired) electrons. The maximum atomic E-state index is 12.8. The molecule has 0 bridgehead atoms. The summed E-state index contributed by atoms with van der Waals surface area (Å²) in [7, 11) is 0. The molecular weight excluding hydrogens is 262 g/mol. The number of anilines is 1. The van der Waals surface area contributed by atoms with Gasteiger partial charge in [0.2, 0.25) is 5.50 Å². The van der Waals surface area contributed by atoms with E-state index < -0.39 is 23.2 Å². The molecule has 17 heavy (non-hydrogen) atoms. The van der Waals surface area contributed by atoms with Crippen molar-refractivity contribution in [2.45, 2.75) is 16.6 Å². The Kier molecular flexibility index (Phi) is 3.87. The lowest BCUT2D eigenvalue weighted by Gasteiger charge is -2.10. The number of aliphatic carboxylic acids is 1. The largest absolute Gasteiger partial charge is 0.478 e. The molecule has 0 saturated heterocycles. The van der Waals surface area contributed by atoms with Crippen LogP contribution in [0.5, 0.6) is 0 Å². The molecule has 8 heteroatoms. The van der Waals surface area contributed by atoms with Crippen molar-refractivity contribution < 1.29 is 27.5 Å². The summed E-state index contributed by atoms with van der Waals surface area (Å²) >= 11 is 0.239. The van der Waals surface area contributed by atoms with E-state index in [9.17, 15) is 22.4 Å². The van der Waals surface area contributed by atoms with Gasteiger partial charge in [0.1, 0.15) is 0 Å². The van der Waals surface area contributed by atoms with Gasteiger partial charge in [-0.2, -0.15) is 13.2 Å². The number of thioether (sulfide) groups is 1. The normalized spacial score (nSPS) is 13.4. The molecule has 0 saturated carbocycles. The molecule has 0 aliphatic rings. The standard InChI is InChI=1S/C9H7F4NO2S/c10-7(8(15)16)17-6-2-1-4(3-5(6)14)9(11,12)13/h1-3,7H,14H2,(H,15,16). The van der Waals surface area contributed by atoms with Crippen molar-refractivity contribution in [3.8, 4) is 0 Å². The van der Waals surface area contributed by atoms with E-state index in [0.29, 0.717) is 12.1 Å². The number of nitrogens with two attached hydrogens (primary N) is 1. The van der Waals surface area contributed by atoms with E-state index in [1.165, 1.54) is 0 Å². The van der Waals surface area contributed by atoms with Gasteiger partial charge in [0, 0.05) is 10.6 Å². The molecule has 1 atom stereocenters. The fourth-order valence-corrected chi connectivity index (χ4v) is 1.66. The van der Waals surface area contributed by atoms with Gasteiger partial charge in [-0.25, -0.2) is 9.18 Å². The molecule has 1 aromatic rings. The fraction of sp³-hybridized carbons (Fsp3) is 0.222. The Bertz CT molecular complexity index is 435. The third-order valence-corrected chi connectivity index (χ3v) is 2.80. The van der Waals surface area contributed by atoms with Crippen LogP contribution in [0.1, 0.15) is 5.56 Å². The Balaban J connectivity index is 2.95. The molecule has 0 amide bonds. The Morgan fingerprint density at radius 3 is 2.41 bits per heavy atom. The van der Waals surface area contributed by atoms with Gasteiger partial charge in [-0.1, -0.05) is 11.8 Å². The highest BCUT2D eigenvalue weighted by atomic mass is 32.2. The van der Waals surface area contributed by atoms with Crippen LogP contribution in [-0.2, 0) is 11.0 Å². The summed E-state index contributed by atoms with van der Waals surface area (Å²) in [6, 6.07) is 2.29. The van der Waals surface area contributed by atoms with Crippen molar-refractivity contribution >= 4 is 23.4 Å². The molecule has 0 aliphatic carbocycles. The van der Waals surface area contributed by atoms with Crippen LogP contribution in [0.2, 0.25) is 0 Å². The molecule has 3 N–H and O–H groups in total. The van der Waals surface area contributed by atoms with Crippen LogP contribution in [-0.4, -0.2) is 16.6 Å². The minimum Gasteiger partial charge on any atom is -0.478 e. The average Bonchev–Trinajstić information content (AvgIpc) is 2.19. The first-order valence-corrected chi connectivity index (χ1v) is 5.10. The molecule has 0 heterocycles. The molecule has 1 unspecified atom stereocenters. The minimum atomic E-state index is -4.54. The van der Waals surface area contributed by atoms with E-state index in [-0.39, 0.29) is 22.3 Å². The molecule has 0 spiro atoms. The zero-order chi connectivity index (χ0) is 13.2. The molecule has 94 valence electrons. The third-order valence-electron chi connectivity index (χ3n) is 1.76. The number of halogens is 4. The first-order valence-electron chi connectivity index (χ1n) is 4.22. The fourth-order valence-electron chi connectivity index (χ4n) is 0.994. The smallest absolute Gasteiger partial charge is 0.416 e. The number of rotatable bonds is 3. The summed E-state index contributed by atoms with van der Waals surface area (Å²) in [4.78, 5) is 10.2. The van der Waals surface area contributed by atoms with E-state index in [2.05, 4.69) is 0 Å². The van der Waals surface area contributed by atoms with Crippen LogP contribution in [0.3, 0.4) is 0 Å². The van der Waals surface area contributed by atoms with Crippen molar-refractivity contribution in [1.29, 1.82) is 0 Å². The quantitative estimate of drug-likeness (QED) is 0.503. The number of nitrogen functional groups attached to an aromatic ring is 1. The predicted molar refractivity (Wildman–Crippen MR) is 54.2 cm³/mol. The molecule has 1 aromatic carbocycles. The highest BCUT2D eigenvalue weighted by Gasteiger charge is 2.31. The Morgan fingerprint density at radius 2 is 2.00 bits per heavy atom. The lowest BCUT2D eigenvalue weighted by atomic mass is 10.2. The SMILES string of the molecule is Nc1cc(C(F)(F)F)ccc1SC(F)C(=O)O. The van der Waals surface area contributed by atoms with E-state index in [1.807, 2.05) is 0 Å². The number of alkyl halides is 4. The number of hydrogen-bond acceptors (Lipinski definition) is 3. The lowest BCUT2D eigenvalue weighted by molar-refractivity contribution is -0.139. The summed E-state index contributed by atoms with van der Waals surface area (Å²) in [6.45, 7) is 0. The molecule has 0 aromatic heterocycles. The van der Waals surface area contributed by atoms with Gasteiger partial charge >= 0.3 is 12.1 Å². The second-order valence-electron chi connectivity index (χ2n) is 3.02. The van der Waals surface area contributed by atoms with Gasteiger partial charge in [-0.15, -0.1) is 0 Å². The first kappa shape index (κ1) is 13.6. The first-order chi connectivity index (χ1) is 7.71. The van der Waals surface area contributed by atoms with Crippen LogP contribution in [0.15, 0.2) is 23.1 Å². The van der Waals surface area contributed by atoms with Crippen LogP contribution < -0.4 is 5.73 Å². The van der Waals surface area contributed by atoms with E-state index in [4.69, 9.17) is 10.8 Å². The summed E-state index contributed by atoms with van der Waals surface area (Å²) in [5.41, 5.74) is 1.74. The van der Waals surface area contributed by atoms with Crippen LogP contribution in [0, 0.1) is 0 Å². The summed E-state index contributed by atoms with van der Waals surface area (Å²) < 4.78 is 49.6. The molecule has 3 nitrogen and oxygen atoms in total. The number of carboxylic acids is 1. The van der Waals surface area contributed by atoms with E-state index in [0.717, 1.165) is 6.07 Å². The topological polar surface area (TPSA) is 63.3 Å². The van der Waals surface area contributed by atoms with Gasteiger partial charge < -0.3 is 10.8 Å². The number of benzene rings is 1. The second-order valence-corrected chi connectivity index (χ2v) is 4.11. The molecular formula is C9H7F4NO2S. The van der Waals surface area contributed by atoms with Gasteiger partial charge in [-0.05, 0) is 18.2 Å². The van der Waals surface area contributed by atoms with Crippen LogP contribution >= 0.6 is 11.8 Å². The highest BCUT2D eigenvalue weighted by Crippen LogP contribution is 2.35. The molecule has 0 fully saturated rings. The van der Waals surface area contributed by atoms with E-state index >= 15 is 0 Å². The zero-order valence-corrected chi connectivity index (χ0v) is 8.98. The van der Waals surface area contributed by atoms with Crippen LogP contribution in [0.25, 0.3) is 0 Å². The Morgan fingerprint density at radius 1 is 1.41 bits per heavy atom. The Hall–Kier alpha value is -1.44. The van der Waals surface area contributed by atoms with Crippen molar-refractivity contribution in [1.82, 2.24) is 0 Å². The lowest BCUT2D eigenvalue weighted by Crippen LogP contribution is -2.10. The second kappa shape index (κ2) is 4.82. The van der Waals surface area contributed by atoms with Crippen LogP contribution in [0.4, 0.5) is 23.2 Å². The summed E-state index contributed by atoms with van der Waals surface area (Å²) in [5, 5.41) is 8.30. The van der Waals surface area contributed by atoms with E-state index in [1.54, 1.807) is 0 Å². The molecule has 0 aliphatic heterocycles. The predicted octanol–water partition coefficient (Wildman–Crippen LogP) is 2.76. The highest BCUT2D eigenvalue weighted by molar-refractivity contribution is 8.00. The summed E-state index contributed by atoms with van der Waals surface area (Å²) in [5.74, 6) is -1.71. The van der Waals surface area contributed by atoms with Crippen molar-refractivity contribution in [3.05, 3.63) is 23.8 Å². The van der Waals surface area contributed by atoms with Gasteiger partial charge in [-0.3, -0.25) is 0 Å².